The summed E-state index contributed by atoms with van der Waals surface area (Å²) < 4.78 is 2.91. The summed E-state index contributed by atoms with van der Waals surface area (Å²) in [4.78, 5) is 0. The van der Waals surface area contributed by atoms with Gasteiger partial charge < -0.3 is 0 Å². The quantitative estimate of drug-likeness (QED) is 0.122. The first-order chi connectivity index (χ1) is 29.5. The van der Waals surface area contributed by atoms with Crippen LogP contribution < -0.4 is 0 Å². The van der Waals surface area contributed by atoms with Gasteiger partial charge in [0, 0.05) is 0 Å². The first kappa shape index (κ1) is 37.7. The monoisotopic (exact) mass is 848 g/mol. The minimum atomic E-state index is 0.0284. The van der Waals surface area contributed by atoms with Crippen molar-refractivity contribution in [1.29, 1.82) is 0 Å². The zero-order valence-electron chi connectivity index (χ0n) is 35.7. The molecule has 0 spiro atoms. The third kappa shape index (κ3) is 6.25. The molecular formula is C60H48Se. The Balaban J connectivity index is 1.11. The van der Waals surface area contributed by atoms with E-state index in [9.17, 15) is 0 Å². The number of fused-ring (bicyclic) bond motifs is 7. The van der Waals surface area contributed by atoms with Crippen molar-refractivity contribution in [1.82, 2.24) is 0 Å². The third-order valence-corrected chi connectivity index (χ3v) is 15.3. The van der Waals surface area contributed by atoms with E-state index in [0.717, 1.165) is 0 Å². The van der Waals surface area contributed by atoms with Crippen molar-refractivity contribution in [2.24, 2.45) is 0 Å². The second kappa shape index (κ2) is 14.2. The predicted octanol–water partition coefficient (Wildman–Crippen LogP) is 16.9. The van der Waals surface area contributed by atoms with Gasteiger partial charge in [-0.2, -0.15) is 0 Å². The molecule has 0 saturated heterocycles. The van der Waals surface area contributed by atoms with Gasteiger partial charge in [0.2, 0.25) is 0 Å². The molecule has 0 N–H and O–H groups in total. The topological polar surface area (TPSA) is 0 Å². The van der Waals surface area contributed by atoms with Gasteiger partial charge in [-0.25, -0.2) is 0 Å². The van der Waals surface area contributed by atoms with Crippen LogP contribution in [0, 0.1) is 0 Å². The maximum absolute atomic E-state index is 2.51. The maximum atomic E-state index is 2.51. The molecule has 0 radical (unpaired) electrons. The summed E-state index contributed by atoms with van der Waals surface area (Å²) in [6.45, 7) is 14.0. The predicted molar refractivity (Wildman–Crippen MR) is 268 cm³/mol. The van der Waals surface area contributed by atoms with Gasteiger partial charge in [-0.15, -0.1) is 0 Å². The molecule has 0 saturated carbocycles. The van der Waals surface area contributed by atoms with Crippen LogP contribution in [0.3, 0.4) is 0 Å². The summed E-state index contributed by atoms with van der Waals surface area (Å²) in [7, 11) is 0. The Hall–Kier alpha value is -6.24. The number of hydrogen-bond donors (Lipinski definition) is 0. The Bertz CT molecular complexity index is 3390. The summed E-state index contributed by atoms with van der Waals surface area (Å²) >= 11 is 0.197. The van der Waals surface area contributed by atoms with Gasteiger partial charge in [0.25, 0.3) is 0 Å². The van der Waals surface area contributed by atoms with Crippen LogP contribution in [0.1, 0.15) is 52.7 Å². The van der Waals surface area contributed by atoms with Crippen LogP contribution in [0.15, 0.2) is 182 Å². The first-order valence-electron chi connectivity index (χ1n) is 21.6. The summed E-state index contributed by atoms with van der Waals surface area (Å²) in [6.07, 6.45) is 0. The summed E-state index contributed by atoms with van der Waals surface area (Å²) in [5, 5.41) is 13.1. The van der Waals surface area contributed by atoms with E-state index in [2.05, 4.69) is 224 Å². The van der Waals surface area contributed by atoms with Crippen molar-refractivity contribution in [2.45, 2.75) is 52.4 Å². The molecule has 1 heteroatoms. The van der Waals surface area contributed by atoms with Crippen molar-refractivity contribution in [2.75, 3.05) is 0 Å². The Morgan fingerprint density at radius 1 is 0.262 bits per heavy atom. The Kier molecular flexibility index (Phi) is 8.77. The van der Waals surface area contributed by atoms with Crippen LogP contribution in [-0.2, 0) is 10.8 Å². The molecule has 0 aliphatic rings. The standard InChI is InChI=1S/C60H48Se/c1-59(2,3)41-32-40(33-42(36-41)60(4,5)6)58-50-26-16-14-24-48(50)57(49-25-15-17-27-51(49)58)39-28-30-43-52-34-38(29-31-53(52)61-54(43)35-39)56-46-22-12-10-20-44(46)55(37-18-8-7-9-19-37)45-21-11-13-23-47(45)56/h7-36H,1-6H3. The molecule has 1 aromatic heterocycles. The van der Waals surface area contributed by atoms with E-state index >= 15 is 0 Å². The Morgan fingerprint density at radius 2 is 0.639 bits per heavy atom. The van der Waals surface area contributed by atoms with Gasteiger partial charge in [0.05, 0.1) is 0 Å². The molecule has 0 unspecified atom stereocenters. The van der Waals surface area contributed by atoms with E-state index in [-0.39, 0.29) is 25.3 Å². The molecule has 0 amide bonds. The minimum absolute atomic E-state index is 0.0284. The van der Waals surface area contributed by atoms with Crippen molar-refractivity contribution in [3.05, 3.63) is 193 Å². The number of hydrogen-bond acceptors (Lipinski definition) is 0. The van der Waals surface area contributed by atoms with Gasteiger partial charge in [-0.1, -0.05) is 0 Å². The SMILES string of the molecule is CC(C)(C)c1cc(-c2c3ccccc3c(-c3ccc4c(c3)[se]c3ccc(-c5c6ccccc6c(-c6ccccc6)c6ccccc56)cc34)c3ccccc23)cc(C(C)(C)C)c1. The van der Waals surface area contributed by atoms with E-state index in [0.29, 0.717) is 0 Å². The second-order valence-corrected chi connectivity index (χ2v) is 21.1. The molecule has 10 aromatic carbocycles. The second-order valence-electron chi connectivity index (χ2n) is 18.9. The molecule has 1 heterocycles. The fourth-order valence-corrected chi connectivity index (χ4v) is 12.2. The van der Waals surface area contributed by atoms with Crippen molar-refractivity contribution < 1.29 is 0 Å². The number of benzene rings is 10. The van der Waals surface area contributed by atoms with Crippen LogP contribution in [-0.4, -0.2) is 14.5 Å². The summed E-state index contributed by atoms with van der Waals surface area (Å²) in [5.41, 5.74) is 13.2. The van der Waals surface area contributed by atoms with Crippen molar-refractivity contribution in [3.63, 3.8) is 0 Å². The molecule has 11 rings (SSSR count). The fourth-order valence-electron chi connectivity index (χ4n) is 9.83. The van der Waals surface area contributed by atoms with Crippen molar-refractivity contribution in [3.8, 4) is 44.5 Å². The van der Waals surface area contributed by atoms with Gasteiger partial charge >= 0.3 is 367 Å². The average molecular weight is 848 g/mol. The normalized spacial score (nSPS) is 12.4. The van der Waals surface area contributed by atoms with E-state index < -0.39 is 0 Å². The van der Waals surface area contributed by atoms with Gasteiger partial charge in [0.15, 0.2) is 0 Å². The Labute approximate surface area is 364 Å². The van der Waals surface area contributed by atoms with Gasteiger partial charge in [-0.05, 0) is 0 Å². The van der Waals surface area contributed by atoms with Crippen LogP contribution in [0.2, 0.25) is 0 Å². The van der Waals surface area contributed by atoms with Crippen molar-refractivity contribution >= 4 is 76.9 Å². The van der Waals surface area contributed by atoms with E-state index in [1.165, 1.54) is 118 Å². The molecule has 0 atom stereocenters. The van der Waals surface area contributed by atoms with Crippen LogP contribution >= 0.6 is 0 Å². The molecule has 0 aliphatic heterocycles. The van der Waals surface area contributed by atoms with E-state index in [1.54, 1.807) is 0 Å². The van der Waals surface area contributed by atoms with E-state index in [4.69, 9.17) is 0 Å². The summed E-state index contributed by atoms with van der Waals surface area (Å²) in [6, 6.07) is 69.0. The molecule has 0 fully saturated rings. The number of rotatable bonds is 4. The van der Waals surface area contributed by atoms with Crippen LogP contribution in [0.5, 0.6) is 0 Å². The zero-order chi connectivity index (χ0) is 41.6. The molecule has 0 bridgehead atoms. The third-order valence-electron chi connectivity index (χ3n) is 12.9. The average Bonchev–Trinajstić information content (AvgIpc) is 3.64. The molecular weight excluding hydrogens is 800 g/mol. The van der Waals surface area contributed by atoms with Crippen LogP contribution in [0.25, 0.3) is 107 Å². The van der Waals surface area contributed by atoms with Gasteiger partial charge in [-0.3, -0.25) is 0 Å². The summed E-state index contributed by atoms with van der Waals surface area (Å²) in [5.74, 6) is 0. The fraction of sp³-hybridized carbons (Fsp3) is 0.133. The van der Waals surface area contributed by atoms with E-state index in [1.807, 2.05) is 0 Å². The molecule has 294 valence electrons. The van der Waals surface area contributed by atoms with Gasteiger partial charge in [0.1, 0.15) is 0 Å². The molecule has 0 aliphatic carbocycles. The first-order valence-corrected chi connectivity index (χ1v) is 23.3. The molecule has 11 aromatic rings. The molecule has 0 nitrogen and oxygen atoms in total. The van der Waals surface area contributed by atoms with Crippen LogP contribution in [0.4, 0.5) is 0 Å². The Morgan fingerprint density at radius 3 is 1.08 bits per heavy atom. The molecule has 61 heavy (non-hydrogen) atoms. The zero-order valence-corrected chi connectivity index (χ0v) is 37.4.